The third-order valence-electron chi connectivity index (χ3n) is 2.01. The average molecular weight is 235 g/mol. The number of hydrogen-bond donors (Lipinski definition) is 2. The molecule has 0 aromatic heterocycles. The van der Waals surface area contributed by atoms with Gasteiger partial charge in [0, 0.05) is 12.9 Å². The first-order valence-corrected chi connectivity index (χ1v) is 6.24. The van der Waals surface area contributed by atoms with Crippen LogP contribution in [0.3, 0.4) is 0 Å². The fraction of sp³-hybridized carbons (Fsp3) is 0.900. The highest BCUT2D eigenvalue weighted by atomic mass is 32.2. The average Bonchev–Trinajstić information content (AvgIpc) is 2.20. The molecule has 0 aliphatic carbocycles. The number of carbonyl (C=O) groups is 1. The summed E-state index contributed by atoms with van der Waals surface area (Å²) >= 11 is 1.53. The molecule has 0 radical (unpaired) electrons. The van der Waals surface area contributed by atoms with Gasteiger partial charge < -0.3 is 15.2 Å². The number of nitrogens with one attached hydrogen (secondary N) is 1. The van der Waals surface area contributed by atoms with Gasteiger partial charge in [0.1, 0.15) is 0 Å². The first-order valence-electron chi connectivity index (χ1n) is 5.08. The molecule has 5 heteroatoms. The number of ether oxygens (including phenoxy) is 1. The number of thioether (sulfide) groups is 1. The van der Waals surface area contributed by atoms with Crippen molar-refractivity contribution in [2.45, 2.75) is 19.9 Å². The Bertz CT molecular complexity index is 176. The van der Waals surface area contributed by atoms with Gasteiger partial charge >= 0.3 is 0 Å². The fourth-order valence-corrected chi connectivity index (χ4v) is 1.68. The van der Waals surface area contributed by atoms with Crippen molar-refractivity contribution in [3.8, 4) is 0 Å². The normalized spacial score (nSPS) is 12.9. The Balaban J connectivity index is 3.62. The summed E-state index contributed by atoms with van der Waals surface area (Å²) in [4.78, 5) is 11.4. The van der Waals surface area contributed by atoms with E-state index in [4.69, 9.17) is 9.84 Å². The van der Waals surface area contributed by atoms with E-state index in [1.165, 1.54) is 11.8 Å². The molecule has 90 valence electrons. The first-order chi connectivity index (χ1) is 7.11. The zero-order valence-electron chi connectivity index (χ0n) is 9.66. The summed E-state index contributed by atoms with van der Waals surface area (Å²) in [5.41, 5.74) is 0. The van der Waals surface area contributed by atoms with Crippen molar-refractivity contribution in [3.05, 3.63) is 0 Å². The van der Waals surface area contributed by atoms with E-state index >= 15 is 0 Å². The molecule has 0 fully saturated rings. The molecule has 4 nitrogen and oxygen atoms in total. The maximum absolute atomic E-state index is 11.4. The number of aliphatic hydroxyl groups is 1. The summed E-state index contributed by atoms with van der Waals surface area (Å²) in [5, 5.41) is 11.8. The third-order valence-corrected chi connectivity index (χ3v) is 2.93. The van der Waals surface area contributed by atoms with Gasteiger partial charge in [-0.1, -0.05) is 13.8 Å². The summed E-state index contributed by atoms with van der Waals surface area (Å²) in [5.74, 6) is 1.47. The van der Waals surface area contributed by atoms with Crippen LogP contribution in [0.4, 0.5) is 0 Å². The standard InChI is InChI=1S/C10H21NO3S/c1-8(2)9(6-12)11-10(13)7-15-5-4-14-3/h8-9,12H,4-7H2,1-3H3,(H,11,13)/t9-/m1/s1. The molecule has 0 saturated heterocycles. The SMILES string of the molecule is COCCSCC(=O)N[C@H](CO)C(C)C. The lowest BCUT2D eigenvalue weighted by molar-refractivity contribution is -0.119. The molecular formula is C10H21NO3S. The Kier molecular flexibility index (Phi) is 8.85. The summed E-state index contributed by atoms with van der Waals surface area (Å²) in [6.45, 7) is 4.59. The lowest BCUT2D eigenvalue weighted by atomic mass is 10.1. The summed E-state index contributed by atoms with van der Waals surface area (Å²) in [6.07, 6.45) is 0. The highest BCUT2D eigenvalue weighted by molar-refractivity contribution is 7.99. The highest BCUT2D eigenvalue weighted by Gasteiger charge is 2.14. The van der Waals surface area contributed by atoms with Crippen LogP contribution in [0.2, 0.25) is 0 Å². The monoisotopic (exact) mass is 235 g/mol. The molecule has 0 bridgehead atoms. The number of aliphatic hydroxyl groups excluding tert-OH is 1. The maximum Gasteiger partial charge on any atom is 0.230 e. The minimum absolute atomic E-state index is 0.00779. The van der Waals surface area contributed by atoms with Crippen molar-refractivity contribution in [3.63, 3.8) is 0 Å². The molecule has 0 aromatic rings. The Morgan fingerprint density at radius 1 is 1.53 bits per heavy atom. The van der Waals surface area contributed by atoms with Gasteiger partial charge in [0.15, 0.2) is 0 Å². The van der Waals surface area contributed by atoms with Gasteiger partial charge in [-0.15, -0.1) is 11.8 Å². The van der Waals surface area contributed by atoms with Crippen molar-refractivity contribution in [1.82, 2.24) is 5.32 Å². The van der Waals surface area contributed by atoms with E-state index in [9.17, 15) is 4.79 Å². The predicted octanol–water partition coefficient (Wildman–Crippen LogP) is 0.499. The number of amides is 1. The molecule has 1 atom stereocenters. The second kappa shape index (κ2) is 9.00. The minimum Gasteiger partial charge on any atom is -0.394 e. The second-order valence-electron chi connectivity index (χ2n) is 3.65. The van der Waals surface area contributed by atoms with E-state index in [1.807, 2.05) is 13.8 Å². The first kappa shape index (κ1) is 14.7. The summed E-state index contributed by atoms with van der Waals surface area (Å²) in [6, 6.07) is -0.138. The Morgan fingerprint density at radius 3 is 2.67 bits per heavy atom. The van der Waals surface area contributed by atoms with E-state index in [1.54, 1.807) is 7.11 Å². The fourth-order valence-electron chi connectivity index (χ4n) is 0.979. The maximum atomic E-state index is 11.4. The Morgan fingerprint density at radius 2 is 2.20 bits per heavy atom. The van der Waals surface area contributed by atoms with Crippen LogP contribution in [-0.2, 0) is 9.53 Å². The van der Waals surface area contributed by atoms with Gasteiger partial charge in [-0.25, -0.2) is 0 Å². The lowest BCUT2D eigenvalue weighted by Crippen LogP contribution is -2.42. The van der Waals surface area contributed by atoms with Gasteiger partial charge in [-0.3, -0.25) is 4.79 Å². The molecule has 0 aliphatic heterocycles. The van der Waals surface area contributed by atoms with Crippen LogP contribution in [0, 0.1) is 5.92 Å². The number of methoxy groups -OCH3 is 1. The highest BCUT2D eigenvalue weighted by Crippen LogP contribution is 2.03. The van der Waals surface area contributed by atoms with E-state index in [2.05, 4.69) is 5.32 Å². The molecule has 0 rings (SSSR count). The van der Waals surface area contributed by atoms with E-state index in [0.717, 1.165) is 5.75 Å². The van der Waals surface area contributed by atoms with Gasteiger partial charge in [0.25, 0.3) is 0 Å². The topological polar surface area (TPSA) is 58.6 Å². The molecule has 0 spiro atoms. The van der Waals surface area contributed by atoms with E-state index < -0.39 is 0 Å². The largest absolute Gasteiger partial charge is 0.394 e. The molecule has 0 heterocycles. The van der Waals surface area contributed by atoms with Crippen molar-refractivity contribution >= 4 is 17.7 Å². The van der Waals surface area contributed by atoms with E-state index in [-0.39, 0.29) is 24.5 Å². The minimum atomic E-state index is -0.138. The van der Waals surface area contributed by atoms with Crippen molar-refractivity contribution in [1.29, 1.82) is 0 Å². The number of hydrogen-bond acceptors (Lipinski definition) is 4. The molecule has 2 N–H and O–H groups in total. The quantitative estimate of drug-likeness (QED) is 0.602. The third kappa shape index (κ3) is 7.64. The molecule has 0 aliphatic rings. The smallest absolute Gasteiger partial charge is 0.230 e. The lowest BCUT2D eigenvalue weighted by Gasteiger charge is -2.19. The predicted molar refractivity (Wildman–Crippen MR) is 63.1 cm³/mol. The summed E-state index contributed by atoms with van der Waals surface area (Å²) < 4.78 is 4.87. The van der Waals surface area contributed by atoms with Gasteiger partial charge in [0.05, 0.1) is 25.0 Å². The molecular weight excluding hydrogens is 214 g/mol. The van der Waals surface area contributed by atoms with Crippen LogP contribution in [0.15, 0.2) is 0 Å². The Hall–Kier alpha value is -0.260. The summed E-state index contributed by atoms with van der Waals surface area (Å²) in [7, 11) is 1.64. The molecule has 0 unspecified atom stereocenters. The van der Waals surface area contributed by atoms with Crippen LogP contribution in [0.1, 0.15) is 13.8 Å². The van der Waals surface area contributed by atoms with Crippen LogP contribution in [0.5, 0.6) is 0 Å². The molecule has 15 heavy (non-hydrogen) atoms. The van der Waals surface area contributed by atoms with Gasteiger partial charge in [-0.05, 0) is 5.92 Å². The number of rotatable bonds is 8. The van der Waals surface area contributed by atoms with Crippen LogP contribution >= 0.6 is 11.8 Å². The Labute approximate surface area is 95.8 Å². The van der Waals surface area contributed by atoms with Crippen LogP contribution in [-0.4, -0.2) is 48.9 Å². The molecule has 1 amide bonds. The van der Waals surface area contributed by atoms with Crippen molar-refractivity contribution in [2.24, 2.45) is 5.92 Å². The molecule has 0 aromatic carbocycles. The zero-order chi connectivity index (χ0) is 11.7. The second-order valence-corrected chi connectivity index (χ2v) is 4.75. The van der Waals surface area contributed by atoms with E-state index in [0.29, 0.717) is 12.4 Å². The zero-order valence-corrected chi connectivity index (χ0v) is 10.5. The number of carbonyl (C=O) groups excluding carboxylic acids is 1. The van der Waals surface area contributed by atoms with Gasteiger partial charge in [0.2, 0.25) is 5.91 Å². The van der Waals surface area contributed by atoms with Gasteiger partial charge in [-0.2, -0.15) is 0 Å². The van der Waals surface area contributed by atoms with Crippen molar-refractivity contribution < 1.29 is 14.6 Å². The van der Waals surface area contributed by atoms with Crippen molar-refractivity contribution in [2.75, 3.05) is 31.8 Å². The van der Waals surface area contributed by atoms with Crippen LogP contribution < -0.4 is 5.32 Å². The molecule has 0 saturated carbocycles. The van der Waals surface area contributed by atoms with Crippen LogP contribution in [0.25, 0.3) is 0 Å².